The van der Waals surface area contributed by atoms with Crippen LogP contribution in [-0.4, -0.2) is 40.4 Å². The second kappa shape index (κ2) is 12.2. The van der Waals surface area contributed by atoms with E-state index < -0.39 is 23.8 Å². The number of anilines is 2. The fourth-order valence-electron chi connectivity index (χ4n) is 3.65. The van der Waals surface area contributed by atoms with Crippen LogP contribution in [0, 0.1) is 5.92 Å². The fraction of sp³-hybridized carbons (Fsp3) is 0.308. The van der Waals surface area contributed by atoms with Gasteiger partial charge in [0.05, 0.1) is 12.3 Å². The van der Waals surface area contributed by atoms with Gasteiger partial charge in [-0.1, -0.05) is 26.0 Å². The van der Waals surface area contributed by atoms with Crippen LogP contribution in [0.4, 0.5) is 11.4 Å². The Kier molecular flexibility index (Phi) is 9.07. The number of nitrogens with zero attached hydrogens (tertiary/aromatic N) is 2. The van der Waals surface area contributed by atoms with E-state index in [1.165, 1.54) is 17.0 Å². The molecule has 196 valence electrons. The standard InChI is InChI=1S/C26H31N5O5S/c1-4-36-19-11-7-17(8-12-19)31(26(35)23-20(27)21(24(28)33)30-37-23)22(16-5-9-18(32)10-6-16)25(34)29-14-13-15(2)3/h5-12,15,22,32H,4,13-14,27H2,1-3H3,(H2,28,33)(H,29,34)/t22-/m1/s1. The van der Waals surface area contributed by atoms with E-state index in [0.29, 0.717) is 36.1 Å². The molecule has 0 saturated carbocycles. The maximum atomic E-state index is 14.0. The molecule has 0 aliphatic rings. The van der Waals surface area contributed by atoms with E-state index in [1.54, 1.807) is 36.4 Å². The normalized spacial score (nSPS) is 11.7. The Morgan fingerprint density at radius 3 is 2.30 bits per heavy atom. The number of carbonyl (C=O) groups excluding carboxylic acids is 3. The summed E-state index contributed by atoms with van der Waals surface area (Å²) in [6.45, 7) is 6.81. The summed E-state index contributed by atoms with van der Waals surface area (Å²) in [7, 11) is 0. The van der Waals surface area contributed by atoms with Crippen LogP contribution in [0.15, 0.2) is 48.5 Å². The topological polar surface area (TPSA) is 161 Å². The van der Waals surface area contributed by atoms with Crippen molar-refractivity contribution >= 4 is 40.6 Å². The van der Waals surface area contributed by atoms with Gasteiger partial charge in [0.1, 0.15) is 22.4 Å². The van der Waals surface area contributed by atoms with Crippen LogP contribution in [0.25, 0.3) is 0 Å². The van der Waals surface area contributed by atoms with Crippen molar-refractivity contribution in [1.82, 2.24) is 9.69 Å². The number of nitrogens with two attached hydrogens (primary N) is 2. The number of hydrogen-bond acceptors (Lipinski definition) is 8. The first-order valence-electron chi connectivity index (χ1n) is 11.8. The van der Waals surface area contributed by atoms with Gasteiger partial charge in [-0.2, -0.15) is 4.37 Å². The smallest absolute Gasteiger partial charge is 0.273 e. The van der Waals surface area contributed by atoms with Crippen LogP contribution in [-0.2, 0) is 4.79 Å². The van der Waals surface area contributed by atoms with Crippen molar-refractivity contribution in [3.8, 4) is 11.5 Å². The molecule has 0 radical (unpaired) electrons. The molecule has 10 nitrogen and oxygen atoms in total. The summed E-state index contributed by atoms with van der Waals surface area (Å²) in [6, 6.07) is 11.6. The van der Waals surface area contributed by atoms with E-state index in [4.69, 9.17) is 16.2 Å². The molecule has 6 N–H and O–H groups in total. The summed E-state index contributed by atoms with van der Waals surface area (Å²) in [5.41, 5.74) is 11.9. The summed E-state index contributed by atoms with van der Waals surface area (Å²) in [4.78, 5) is 40.6. The van der Waals surface area contributed by atoms with Gasteiger partial charge in [-0.05, 0) is 72.8 Å². The van der Waals surface area contributed by atoms with Crippen LogP contribution < -0.4 is 26.4 Å². The molecule has 3 rings (SSSR count). The molecule has 1 heterocycles. The minimum atomic E-state index is -1.13. The number of aromatic hydroxyl groups is 1. The Labute approximate surface area is 219 Å². The Morgan fingerprint density at radius 1 is 1.11 bits per heavy atom. The number of primary amides is 1. The van der Waals surface area contributed by atoms with Crippen molar-refractivity contribution in [2.75, 3.05) is 23.8 Å². The number of hydrogen-bond donors (Lipinski definition) is 4. The lowest BCUT2D eigenvalue weighted by Gasteiger charge is -2.31. The molecule has 0 saturated heterocycles. The SMILES string of the molecule is CCOc1ccc(N(C(=O)c2snc(C(N)=O)c2N)[C@@H](C(=O)NCCC(C)C)c2ccc(O)cc2)cc1. The number of nitrogens with one attached hydrogen (secondary N) is 1. The largest absolute Gasteiger partial charge is 0.508 e. The maximum absolute atomic E-state index is 14.0. The lowest BCUT2D eigenvalue weighted by atomic mass is 10.0. The molecule has 0 unspecified atom stereocenters. The van der Waals surface area contributed by atoms with Gasteiger partial charge in [-0.15, -0.1) is 0 Å². The molecule has 0 spiro atoms. The first kappa shape index (κ1) is 27.5. The molecule has 0 aliphatic heterocycles. The molecule has 37 heavy (non-hydrogen) atoms. The van der Waals surface area contributed by atoms with Gasteiger partial charge in [0.25, 0.3) is 11.8 Å². The molecule has 3 amide bonds. The van der Waals surface area contributed by atoms with Gasteiger partial charge < -0.3 is 26.6 Å². The highest BCUT2D eigenvalue weighted by atomic mass is 32.1. The second-order valence-corrected chi connectivity index (χ2v) is 9.48. The average Bonchev–Trinajstić information content (AvgIpc) is 3.25. The van der Waals surface area contributed by atoms with Crippen molar-refractivity contribution in [1.29, 1.82) is 0 Å². The number of phenols is 1. The highest BCUT2D eigenvalue weighted by molar-refractivity contribution is 7.09. The predicted molar refractivity (Wildman–Crippen MR) is 143 cm³/mol. The number of nitrogen functional groups attached to an aromatic ring is 1. The summed E-state index contributed by atoms with van der Waals surface area (Å²) >= 11 is 0.732. The number of carbonyl (C=O) groups is 3. The third kappa shape index (κ3) is 6.56. The van der Waals surface area contributed by atoms with Gasteiger partial charge in [-0.25, -0.2) is 0 Å². The molecular formula is C26H31N5O5S. The molecule has 3 aromatic rings. The van der Waals surface area contributed by atoms with Crippen molar-refractivity contribution in [2.45, 2.75) is 33.2 Å². The minimum absolute atomic E-state index is 0.0134. The zero-order chi connectivity index (χ0) is 27.1. The Bertz CT molecular complexity index is 1240. The summed E-state index contributed by atoms with van der Waals surface area (Å²) in [5.74, 6) is -0.952. The molecule has 0 fully saturated rings. The van der Waals surface area contributed by atoms with Crippen molar-refractivity contribution in [3.05, 3.63) is 64.7 Å². The highest BCUT2D eigenvalue weighted by Gasteiger charge is 2.36. The van der Waals surface area contributed by atoms with Crippen LogP contribution >= 0.6 is 11.5 Å². The first-order valence-corrected chi connectivity index (χ1v) is 12.6. The van der Waals surface area contributed by atoms with Crippen molar-refractivity contribution in [2.24, 2.45) is 11.7 Å². The van der Waals surface area contributed by atoms with E-state index in [9.17, 15) is 19.5 Å². The quantitative estimate of drug-likeness (QED) is 0.298. The van der Waals surface area contributed by atoms with Crippen molar-refractivity contribution < 1.29 is 24.2 Å². The van der Waals surface area contributed by atoms with Gasteiger partial charge in [0, 0.05) is 12.2 Å². The van der Waals surface area contributed by atoms with Crippen LogP contribution in [0.3, 0.4) is 0 Å². The minimum Gasteiger partial charge on any atom is -0.508 e. The van der Waals surface area contributed by atoms with E-state index in [-0.39, 0.29) is 22.0 Å². The number of phenolic OH excluding ortho intramolecular Hbond substituents is 1. The Hall–Kier alpha value is -4.12. The summed E-state index contributed by atoms with van der Waals surface area (Å²) in [6.07, 6.45) is 0.745. The number of aromatic nitrogens is 1. The van der Waals surface area contributed by atoms with Gasteiger partial charge in [0.2, 0.25) is 5.91 Å². The molecule has 1 aromatic heterocycles. The lowest BCUT2D eigenvalue weighted by Crippen LogP contribution is -2.44. The molecular weight excluding hydrogens is 494 g/mol. The number of amides is 3. The molecule has 0 bridgehead atoms. The molecule has 2 aromatic carbocycles. The molecule has 0 aliphatic carbocycles. The van der Waals surface area contributed by atoms with Crippen molar-refractivity contribution in [3.63, 3.8) is 0 Å². The third-order valence-corrected chi connectivity index (χ3v) is 6.39. The van der Waals surface area contributed by atoms with E-state index in [1.807, 2.05) is 20.8 Å². The Morgan fingerprint density at radius 2 is 1.76 bits per heavy atom. The number of benzene rings is 2. The Balaban J connectivity index is 2.15. The third-order valence-electron chi connectivity index (χ3n) is 5.54. The zero-order valence-electron chi connectivity index (χ0n) is 20.9. The number of ether oxygens (including phenoxy) is 1. The van der Waals surface area contributed by atoms with Crippen LogP contribution in [0.1, 0.15) is 59.0 Å². The lowest BCUT2D eigenvalue weighted by molar-refractivity contribution is -0.122. The van der Waals surface area contributed by atoms with Gasteiger partial charge in [-0.3, -0.25) is 19.3 Å². The summed E-state index contributed by atoms with van der Waals surface area (Å²) in [5, 5.41) is 12.7. The van der Waals surface area contributed by atoms with Gasteiger partial charge in [0.15, 0.2) is 5.69 Å². The monoisotopic (exact) mass is 525 g/mol. The van der Waals surface area contributed by atoms with E-state index in [0.717, 1.165) is 18.0 Å². The molecule has 1 atom stereocenters. The predicted octanol–water partition coefficient (Wildman–Crippen LogP) is 3.48. The average molecular weight is 526 g/mol. The first-order chi connectivity index (χ1) is 17.6. The maximum Gasteiger partial charge on any atom is 0.273 e. The van der Waals surface area contributed by atoms with Crippen LogP contribution in [0.5, 0.6) is 11.5 Å². The summed E-state index contributed by atoms with van der Waals surface area (Å²) < 4.78 is 9.48. The highest BCUT2D eigenvalue weighted by Crippen LogP contribution is 2.34. The zero-order valence-corrected chi connectivity index (χ0v) is 21.7. The van der Waals surface area contributed by atoms with E-state index >= 15 is 0 Å². The molecule has 11 heteroatoms. The van der Waals surface area contributed by atoms with E-state index in [2.05, 4.69) is 9.69 Å². The number of rotatable bonds is 11. The fourth-order valence-corrected chi connectivity index (χ4v) is 4.39. The second-order valence-electron chi connectivity index (χ2n) is 8.71. The van der Waals surface area contributed by atoms with Gasteiger partial charge >= 0.3 is 0 Å². The van der Waals surface area contributed by atoms with Crippen LogP contribution in [0.2, 0.25) is 0 Å².